The summed E-state index contributed by atoms with van der Waals surface area (Å²) in [5.74, 6) is -0.209. The summed E-state index contributed by atoms with van der Waals surface area (Å²) in [4.78, 5) is 18.0. The fraction of sp³-hybridized carbons (Fsp3) is 0.130. The second kappa shape index (κ2) is 7.13. The second-order valence-corrected chi connectivity index (χ2v) is 7.46. The van der Waals surface area contributed by atoms with Crippen LogP contribution >= 0.6 is 11.6 Å². The minimum Gasteiger partial charge on any atom is -0.320 e. The van der Waals surface area contributed by atoms with Gasteiger partial charge < -0.3 is 5.32 Å². The number of anilines is 1. The lowest BCUT2D eigenvalue weighted by Gasteiger charge is -2.10. The Morgan fingerprint density at radius 2 is 1.68 bits per heavy atom. The Bertz CT molecular complexity index is 1190. The molecule has 0 aliphatic carbocycles. The molecule has 0 aliphatic heterocycles. The van der Waals surface area contributed by atoms with Crippen molar-refractivity contribution >= 4 is 28.8 Å². The van der Waals surface area contributed by atoms with Gasteiger partial charge in [-0.05, 0) is 56.2 Å². The molecule has 0 atom stereocenters. The number of carbonyl (C=O) groups excluding carboxylic acids is 1. The number of pyridine rings is 1. The standard InChI is InChI=1S/C23H20ClN3O/c1-14-4-7-17(8-5-14)21-22(27-13-15(2)6-11-20(27)26-21)23(28)25-19-10-9-18(24)12-16(19)3/h4-13H,1-3H3,(H,25,28). The third kappa shape index (κ3) is 3.39. The third-order valence-electron chi connectivity index (χ3n) is 4.74. The van der Waals surface area contributed by atoms with E-state index in [0.717, 1.165) is 33.6 Å². The van der Waals surface area contributed by atoms with E-state index >= 15 is 0 Å². The number of halogens is 1. The maximum absolute atomic E-state index is 13.3. The monoisotopic (exact) mass is 389 g/mol. The predicted molar refractivity (Wildman–Crippen MR) is 114 cm³/mol. The molecule has 2 heterocycles. The van der Waals surface area contributed by atoms with E-state index in [0.29, 0.717) is 16.4 Å². The zero-order valence-corrected chi connectivity index (χ0v) is 16.7. The molecule has 4 aromatic rings. The summed E-state index contributed by atoms with van der Waals surface area (Å²) in [6.45, 7) is 5.95. The normalized spacial score (nSPS) is 11.0. The Kier molecular flexibility index (Phi) is 4.65. The van der Waals surface area contributed by atoms with Gasteiger partial charge in [0, 0.05) is 22.5 Å². The van der Waals surface area contributed by atoms with E-state index in [2.05, 4.69) is 5.32 Å². The molecule has 0 saturated heterocycles. The molecule has 2 aromatic heterocycles. The summed E-state index contributed by atoms with van der Waals surface area (Å²) < 4.78 is 1.85. The van der Waals surface area contributed by atoms with Gasteiger partial charge in [-0.15, -0.1) is 0 Å². The topological polar surface area (TPSA) is 46.4 Å². The predicted octanol–water partition coefficient (Wildman–Crippen LogP) is 5.83. The van der Waals surface area contributed by atoms with E-state index in [-0.39, 0.29) is 5.91 Å². The molecule has 0 aliphatic rings. The molecule has 1 amide bonds. The van der Waals surface area contributed by atoms with Gasteiger partial charge in [-0.25, -0.2) is 4.98 Å². The molecule has 5 heteroatoms. The Balaban J connectivity index is 1.85. The minimum atomic E-state index is -0.209. The lowest BCUT2D eigenvalue weighted by atomic mass is 10.1. The molecular formula is C23H20ClN3O. The summed E-state index contributed by atoms with van der Waals surface area (Å²) in [6.07, 6.45) is 1.93. The van der Waals surface area contributed by atoms with Gasteiger partial charge in [-0.1, -0.05) is 47.5 Å². The fourth-order valence-electron chi connectivity index (χ4n) is 3.23. The molecule has 2 aromatic carbocycles. The Labute approximate surface area is 168 Å². The summed E-state index contributed by atoms with van der Waals surface area (Å²) in [6, 6.07) is 17.4. The number of aryl methyl sites for hydroxylation is 3. The first-order valence-corrected chi connectivity index (χ1v) is 9.43. The maximum atomic E-state index is 13.3. The van der Waals surface area contributed by atoms with Crippen LogP contribution in [-0.4, -0.2) is 15.3 Å². The molecule has 4 rings (SSSR count). The van der Waals surface area contributed by atoms with E-state index in [1.165, 1.54) is 0 Å². The number of nitrogens with zero attached hydrogens (tertiary/aromatic N) is 2. The lowest BCUT2D eigenvalue weighted by Crippen LogP contribution is -2.16. The Hall–Kier alpha value is -3.11. The van der Waals surface area contributed by atoms with Crippen LogP contribution in [0.4, 0.5) is 5.69 Å². The van der Waals surface area contributed by atoms with Gasteiger partial charge in [0.1, 0.15) is 17.0 Å². The molecule has 0 fully saturated rings. The van der Waals surface area contributed by atoms with Gasteiger partial charge in [-0.2, -0.15) is 0 Å². The molecule has 4 nitrogen and oxygen atoms in total. The second-order valence-electron chi connectivity index (χ2n) is 7.02. The first-order chi connectivity index (χ1) is 13.4. The number of hydrogen-bond donors (Lipinski definition) is 1. The summed E-state index contributed by atoms with van der Waals surface area (Å²) in [5.41, 5.74) is 6.66. The van der Waals surface area contributed by atoms with Crippen molar-refractivity contribution in [2.24, 2.45) is 0 Å². The average Bonchev–Trinajstić information content (AvgIpc) is 3.03. The van der Waals surface area contributed by atoms with Gasteiger partial charge in [0.15, 0.2) is 0 Å². The average molecular weight is 390 g/mol. The minimum absolute atomic E-state index is 0.209. The van der Waals surface area contributed by atoms with Crippen LogP contribution in [0, 0.1) is 20.8 Å². The maximum Gasteiger partial charge on any atom is 0.274 e. The quantitative estimate of drug-likeness (QED) is 0.479. The van der Waals surface area contributed by atoms with E-state index in [1.54, 1.807) is 6.07 Å². The van der Waals surface area contributed by atoms with Crippen molar-refractivity contribution in [3.8, 4) is 11.3 Å². The number of nitrogens with one attached hydrogen (secondary N) is 1. The van der Waals surface area contributed by atoms with E-state index < -0.39 is 0 Å². The van der Waals surface area contributed by atoms with Crippen molar-refractivity contribution in [3.05, 3.63) is 88.2 Å². The summed E-state index contributed by atoms with van der Waals surface area (Å²) >= 11 is 6.04. The van der Waals surface area contributed by atoms with E-state index in [1.807, 2.05) is 79.9 Å². The van der Waals surface area contributed by atoms with Crippen LogP contribution in [0.5, 0.6) is 0 Å². The zero-order valence-electron chi connectivity index (χ0n) is 16.0. The molecule has 140 valence electrons. The largest absolute Gasteiger partial charge is 0.320 e. The van der Waals surface area contributed by atoms with Crippen LogP contribution < -0.4 is 5.32 Å². The molecular weight excluding hydrogens is 370 g/mol. The number of hydrogen-bond acceptors (Lipinski definition) is 2. The first kappa shape index (κ1) is 18.3. The van der Waals surface area contributed by atoms with Crippen LogP contribution in [-0.2, 0) is 0 Å². The van der Waals surface area contributed by atoms with Gasteiger partial charge in [-0.3, -0.25) is 9.20 Å². The molecule has 0 saturated carbocycles. The molecule has 1 N–H and O–H groups in total. The molecule has 28 heavy (non-hydrogen) atoms. The van der Waals surface area contributed by atoms with Crippen LogP contribution in [0.1, 0.15) is 27.2 Å². The summed E-state index contributed by atoms with van der Waals surface area (Å²) in [5, 5.41) is 3.65. The van der Waals surface area contributed by atoms with Crippen molar-refractivity contribution < 1.29 is 4.79 Å². The van der Waals surface area contributed by atoms with E-state index in [4.69, 9.17) is 16.6 Å². The van der Waals surface area contributed by atoms with Crippen LogP contribution in [0.2, 0.25) is 5.02 Å². The molecule has 0 unspecified atom stereocenters. The smallest absolute Gasteiger partial charge is 0.274 e. The van der Waals surface area contributed by atoms with Crippen LogP contribution in [0.25, 0.3) is 16.9 Å². The number of benzene rings is 2. The van der Waals surface area contributed by atoms with Gasteiger partial charge in [0.25, 0.3) is 5.91 Å². The highest BCUT2D eigenvalue weighted by atomic mass is 35.5. The highest BCUT2D eigenvalue weighted by Gasteiger charge is 2.21. The SMILES string of the molecule is Cc1ccc(-c2nc3ccc(C)cn3c2C(=O)Nc2ccc(Cl)cc2C)cc1. The van der Waals surface area contributed by atoms with Crippen molar-refractivity contribution in [1.29, 1.82) is 0 Å². The number of fused-ring (bicyclic) bond motifs is 1. The number of aromatic nitrogens is 2. The van der Waals surface area contributed by atoms with Crippen molar-refractivity contribution in [2.45, 2.75) is 20.8 Å². The van der Waals surface area contributed by atoms with Gasteiger partial charge in [0.05, 0.1) is 0 Å². The van der Waals surface area contributed by atoms with Gasteiger partial charge >= 0.3 is 0 Å². The fourth-order valence-corrected chi connectivity index (χ4v) is 3.46. The number of amides is 1. The first-order valence-electron chi connectivity index (χ1n) is 9.05. The highest BCUT2D eigenvalue weighted by molar-refractivity contribution is 6.30. The number of imidazole rings is 1. The Morgan fingerprint density at radius 1 is 0.964 bits per heavy atom. The van der Waals surface area contributed by atoms with Crippen molar-refractivity contribution in [1.82, 2.24) is 9.38 Å². The molecule has 0 spiro atoms. The van der Waals surface area contributed by atoms with E-state index in [9.17, 15) is 4.79 Å². The lowest BCUT2D eigenvalue weighted by molar-refractivity contribution is 0.102. The van der Waals surface area contributed by atoms with Crippen molar-refractivity contribution in [3.63, 3.8) is 0 Å². The highest BCUT2D eigenvalue weighted by Crippen LogP contribution is 2.27. The molecule has 0 radical (unpaired) electrons. The number of rotatable bonds is 3. The van der Waals surface area contributed by atoms with Crippen molar-refractivity contribution in [2.75, 3.05) is 5.32 Å². The van der Waals surface area contributed by atoms with Crippen LogP contribution in [0.3, 0.4) is 0 Å². The molecule has 0 bridgehead atoms. The van der Waals surface area contributed by atoms with Crippen LogP contribution in [0.15, 0.2) is 60.8 Å². The Morgan fingerprint density at radius 3 is 2.39 bits per heavy atom. The zero-order chi connectivity index (χ0) is 19.8. The van der Waals surface area contributed by atoms with Gasteiger partial charge in [0.2, 0.25) is 0 Å². The third-order valence-corrected chi connectivity index (χ3v) is 4.98. The number of carbonyl (C=O) groups is 1. The summed E-state index contributed by atoms with van der Waals surface area (Å²) in [7, 11) is 0.